The number of alkyl halides is 3. The van der Waals surface area contributed by atoms with Crippen molar-refractivity contribution in [1.29, 1.82) is 5.26 Å². The predicted octanol–water partition coefficient (Wildman–Crippen LogP) is 4.96. The van der Waals surface area contributed by atoms with Crippen LogP contribution in [-0.2, 0) is 10.9 Å². The van der Waals surface area contributed by atoms with Crippen LogP contribution in [0.3, 0.4) is 0 Å². The molecule has 1 saturated carbocycles. The molecule has 1 amide bonds. The van der Waals surface area contributed by atoms with Crippen LogP contribution in [-0.4, -0.2) is 50.2 Å². The zero-order valence-electron chi connectivity index (χ0n) is 19.4. The van der Waals surface area contributed by atoms with Crippen LogP contribution in [0.5, 0.6) is 0 Å². The Morgan fingerprint density at radius 1 is 1.20 bits per heavy atom. The summed E-state index contributed by atoms with van der Waals surface area (Å²) in [5, 5.41) is 9.15. The summed E-state index contributed by atoms with van der Waals surface area (Å²) >= 11 is 0. The number of furan rings is 1. The topological polar surface area (TPSA) is 69.7 Å². The molecule has 1 spiro atoms. The molecule has 2 aliphatic heterocycles. The Morgan fingerprint density at radius 2 is 1.97 bits per heavy atom. The molecule has 6 nitrogen and oxygen atoms in total. The van der Waals surface area contributed by atoms with Gasteiger partial charge in [-0.15, -0.1) is 0 Å². The number of anilines is 1. The summed E-state index contributed by atoms with van der Waals surface area (Å²) in [4.78, 5) is 16.6. The number of piperidine rings is 1. The summed E-state index contributed by atoms with van der Waals surface area (Å²) in [6, 6.07) is 7.26. The number of ether oxygens (including phenoxy) is 1. The average Bonchev–Trinajstić information content (AvgIpc) is 3.37. The first-order chi connectivity index (χ1) is 16.8. The van der Waals surface area contributed by atoms with E-state index in [2.05, 4.69) is 0 Å². The second kappa shape index (κ2) is 9.23. The summed E-state index contributed by atoms with van der Waals surface area (Å²) in [6.07, 6.45) is 2.23. The van der Waals surface area contributed by atoms with Crippen LogP contribution in [0.25, 0.3) is 0 Å². The minimum atomic E-state index is -4.59. The summed E-state index contributed by atoms with van der Waals surface area (Å²) < 4.78 is 51.8. The lowest BCUT2D eigenvalue weighted by atomic mass is 9.71. The minimum Gasteiger partial charge on any atom is -0.472 e. The van der Waals surface area contributed by atoms with E-state index in [0.29, 0.717) is 50.0 Å². The van der Waals surface area contributed by atoms with Gasteiger partial charge in [0.25, 0.3) is 5.91 Å². The van der Waals surface area contributed by atoms with E-state index in [4.69, 9.17) is 14.4 Å². The number of likely N-dealkylation sites (tertiary alicyclic amines) is 1. The molecule has 9 heteroatoms. The van der Waals surface area contributed by atoms with Gasteiger partial charge in [-0.1, -0.05) is 0 Å². The molecule has 1 unspecified atom stereocenters. The maximum Gasteiger partial charge on any atom is 0.417 e. The Morgan fingerprint density at radius 3 is 2.60 bits per heavy atom. The number of nitrogens with zero attached hydrogens (tertiary/aromatic N) is 3. The highest BCUT2D eigenvalue weighted by Crippen LogP contribution is 2.47. The van der Waals surface area contributed by atoms with E-state index in [9.17, 15) is 18.0 Å². The number of benzene rings is 1. The lowest BCUT2D eigenvalue weighted by Crippen LogP contribution is -2.47. The van der Waals surface area contributed by atoms with Crippen LogP contribution in [0.4, 0.5) is 18.9 Å². The van der Waals surface area contributed by atoms with E-state index in [0.717, 1.165) is 25.5 Å². The maximum atomic E-state index is 13.6. The Hall–Kier alpha value is -2.99. The summed E-state index contributed by atoms with van der Waals surface area (Å²) in [5.41, 5.74) is -0.429. The van der Waals surface area contributed by atoms with Gasteiger partial charge in [-0.2, -0.15) is 18.4 Å². The lowest BCUT2D eigenvalue weighted by molar-refractivity contribution is -0.137. The molecule has 3 heterocycles. The van der Waals surface area contributed by atoms with Crippen molar-refractivity contribution in [2.24, 2.45) is 17.3 Å². The maximum absolute atomic E-state index is 13.6. The largest absolute Gasteiger partial charge is 0.472 e. The van der Waals surface area contributed by atoms with Crippen LogP contribution in [0.2, 0.25) is 0 Å². The molecule has 35 heavy (non-hydrogen) atoms. The van der Waals surface area contributed by atoms with E-state index < -0.39 is 11.7 Å². The first-order valence-corrected chi connectivity index (χ1v) is 12.0. The molecule has 2 aromatic rings. The second-order valence-corrected chi connectivity index (χ2v) is 10.1. The molecule has 1 atom stereocenters. The smallest absolute Gasteiger partial charge is 0.417 e. The average molecular weight is 488 g/mol. The van der Waals surface area contributed by atoms with Crippen molar-refractivity contribution in [3.63, 3.8) is 0 Å². The van der Waals surface area contributed by atoms with Gasteiger partial charge in [0.15, 0.2) is 0 Å². The second-order valence-electron chi connectivity index (χ2n) is 10.1. The van der Waals surface area contributed by atoms with Gasteiger partial charge < -0.3 is 19.0 Å². The number of hydrogen-bond acceptors (Lipinski definition) is 5. The standard InChI is InChI=1S/C26H28F3N3O3/c27-26(28,29)23-11-22(4-3-19(23)12-30)32-13-21(16-35-14-18-1-2-18)25(17-32)6-8-31(9-7-25)24(33)20-5-10-34-15-20/h3-5,10-11,15,18,21H,1-2,6-9,13-14,16-17H2. The molecule has 0 bridgehead atoms. The molecule has 2 saturated heterocycles. The molecule has 1 aliphatic carbocycles. The molecular weight excluding hydrogens is 459 g/mol. The fraction of sp³-hybridized carbons (Fsp3) is 0.538. The zero-order chi connectivity index (χ0) is 24.6. The van der Waals surface area contributed by atoms with Crippen molar-refractivity contribution in [1.82, 2.24) is 4.90 Å². The molecule has 0 radical (unpaired) electrons. The molecule has 5 rings (SSSR count). The predicted molar refractivity (Wildman–Crippen MR) is 122 cm³/mol. The van der Waals surface area contributed by atoms with Crippen molar-refractivity contribution < 1.29 is 27.1 Å². The number of carbonyl (C=O) groups is 1. The first kappa shape index (κ1) is 23.7. The third-order valence-corrected chi connectivity index (χ3v) is 7.79. The Balaban J connectivity index is 1.34. The fourth-order valence-corrected chi connectivity index (χ4v) is 5.47. The Labute approximate surface area is 202 Å². The van der Waals surface area contributed by atoms with Crippen molar-refractivity contribution >= 4 is 11.6 Å². The van der Waals surface area contributed by atoms with E-state index in [-0.39, 0.29) is 22.8 Å². The number of halogens is 3. The van der Waals surface area contributed by atoms with Crippen molar-refractivity contribution in [2.45, 2.75) is 31.9 Å². The highest BCUT2D eigenvalue weighted by atomic mass is 19.4. The van der Waals surface area contributed by atoms with Crippen LogP contribution >= 0.6 is 0 Å². The summed E-state index contributed by atoms with van der Waals surface area (Å²) in [7, 11) is 0. The Kier molecular flexibility index (Phi) is 6.26. The van der Waals surface area contributed by atoms with Crippen LogP contribution in [0.1, 0.15) is 47.2 Å². The van der Waals surface area contributed by atoms with Gasteiger partial charge in [0.1, 0.15) is 6.26 Å². The number of amides is 1. The van der Waals surface area contributed by atoms with Gasteiger partial charge in [0, 0.05) is 44.4 Å². The first-order valence-electron chi connectivity index (χ1n) is 12.0. The van der Waals surface area contributed by atoms with E-state index >= 15 is 0 Å². The van der Waals surface area contributed by atoms with Crippen LogP contribution in [0.15, 0.2) is 41.2 Å². The fourth-order valence-electron chi connectivity index (χ4n) is 5.47. The van der Waals surface area contributed by atoms with Crippen LogP contribution < -0.4 is 4.90 Å². The number of carbonyl (C=O) groups excluding carboxylic acids is 1. The summed E-state index contributed by atoms with van der Waals surface area (Å²) in [5.74, 6) is 0.718. The monoisotopic (exact) mass is 487 g/mol. The van der Waals surface area contributed by atoms with E-state index in [1.54, 1.807) is 18.2 Å². The molecular formula is C26H28F3N3O3. The number of hydrogen-bond donors (Lipinski definition) is 0. The normalized spacial score (nSPS) is 21.9. The third kappa shape index (κ3) is 4.90. The molecule has 1 aromatic carbocycles. The molecule has 3 fully saturated rings. The van der Waals surface area contributed by atoms with Gasteiger partial charge in [0.2, 0.25) is 0 Å². The van der Waals surface area contributed by atoms with Crippen molar-refractivity contribution in [3.8, 4) is 6.07 Å². The van der Waals surface area contributed by atoms with E-state index in [1.807, 2.05) is 9.80 Å². The molecule has 3 aliphatic rings. The number of rotatable bonds is 6. The van der Waals surface area contributed by atoms with Crippen molar-refractivity contribution in [2.75, 3.05) is 44.3 Å². The van der Waals surface area contributed by atoms with Gasteiger partial charge in [0.05, 0.1) is 35.6 Å². The van der Waals surface area contributed by atoms with Gasteiger partial charge in [-0.25, -0.2) is 0 Å². The lowest BCUT2D eigenvalue weighted by Gasteiger charge is -2.42. The Bertz CT molecular complexity index is 1100. The van der Waals surface area contributed by atoms with Crippen molar-refractivity contribution in [3.05, 3.63) is 53.5 Å². The highest BCUT2D eigenvalue weighted by molar-refractivity contribution is 5.93. The summed E-state index contributed by atoms with van der Waals surface area (Å²) in [6.45, 7) is 3.64. The van der Waals surface area contributed by atoms with Crippen LogP contribution in [0, 0.1) is 28.6 Å². The molecule has 186 valence electrons. The van der Waals surface area contributed by atoms with Gasteiger partial charge >= 0.3 is 6.18 Å². The molecule has 1 aromatic heterocycles. The quantitative estimate of drug-likeness (QED) is 0.576. The van der Waals surface area contributed by atoms with Gasteiger partial charge in [-0.3, -0.25) is 4.79 Å². The number of nitriles is 1. The third-order valence-electron chi connectivity index (χ3n) is 7.79. The highest BCUT2D eigenvalue weighted by Gasteiger charge is 2.49. The SMILES string of the molecule is N#Cc1ccc(N2CC(COCC3CC3)C3(CCN(C(=O)c4ccoc4)CC3)C2)cc1C(F)(F)F. The van der Waals surface area contributed by atoms with Gasteiger partial charge in [-0.05, 0) is 61.3 Å². The molecule has 0 N–H and O–H groups in total. The zero-order valence-corrected chi connectivity index (χ0v) is 19.4. The minimum absolute atomic E-state index is 0.0631. The van der Waals surface area contributed by atoms with E-state index in [1.165, 1.54) is 31.4 Å².